The van der Waals surface area contributed by atoms with Crippen LogP contribution in [0.3, 0.4) is 0 Å². The van der Waals surface area contributed by atoms with Gasteiger partial charge in [-0.2, -0.15) is 0 Å². The van der Waals surface area contributed by atoms with Crippen LogP contribution in [0.1, 0.15) is 15.9 Å². The van der Waals surface area contributed by atoms with Crippen LogP contribution < -0.4 is 4.74 Å². The molecule has 1 fully saturated rings. The van der Waals surface area contributed by atoms with Crippen molar-refractivity contribution in [3.05, 3.63) is 65.7 Å². The summed E-state index contributed by atoms with van der Waals surface area (Å²) >= 11 is 0. The Hall–Kier alpha value is -2.33. The van der Waals surface area contributed by atoms with E-state index < -0.39 is 0 Å². The first-order valence-electron chi connectivity index (χ1n) is 7.96. The van der Waals surface area contributed by atoms with Crippen LogP contribution in [-0.2, 0) is 6.54 Å². The van der Waals surface area contributed by atoms with Crippen LogP contribution >= 0.6 is 0 Å². The Morgan fingerprint density at radius 2 is 1.74 bits per heavy atom. The summed E-state index contributed by atoms with van der Waals surface area (Å²) in [6, 6.07) is 17.8. The fourth-order valence-corrected chi connectivity index (χ4v) is 2.89. The molecule has 4 heteroatoms. The highest BCUT2D eigenvalue weighted by atomic mass is 16.5. The van der Waals surface area contributed by atoms with Gasteiger partial charge in [0.05, 0.1) is 7.11 Å². The van der Waals surface area contributed by atoms with Gasteiger partial charge in [-0.1, -0.05) is 36.4 Å². The third-order valence-electron chi connectivity index (χ3n) is 4.23. The second kappa shape index (κ2) is 7.29. The fourth-order valence-electron chi connectivity index (χ4n) is 2.89. The van der Waals surface area contributed by atoms with Crippen molar-refractivity contribution in [1.82, 2.24) is 9.80 Å². The predicted octanol–water partition coefficient (Wildman–Crippen LogP) is 2.65. The average molecular weight is 310 g/mol. The van der Waals surface area contributed by atoms with Crippen molar-refractivity contribution in [2.45, 2.75) is 6.54 Å². The van der Waals surface area contributed by atoms with E-state index in [9.17, 15) is 4.79 Å². The smallest absolute Gasteiger partial charge is 0.254 e. The molecule has 2 aromatic carbocycles. The Labute approximate surface area is 137 Å². The van der Waals surface area contributed by atoms with Crippen molar-refractivity contribution in [3.63, 3.8) is 0 Å². The molecule has 1 saturated heterocycles. The minimum Gasteiger partial charge on any atom is -0.497 e. The number of nitrogens with zero attached hydrogens (tertiary/aromatic N) is 2. The molecule has 0 unspecified atom stereocenters. The van der Waals surface area contributed by atoms with Gasteiger partial charge in [-0.05, 0) is 23.8 Å². The van der Waals surface area contributed by atoms with Crippen LogP contribution in [0, 0.1) is 0 Å². The van der Waals surface area contributed by atoms with E-state index in [1.54, 1.807) is 13.2 Å². The number of piperazine rings is 1. The zero-order chi connectivity index (χ0) is 16.1. The molecular formula is C19H22N2O2. The largest absolute Gasteiger partial charge is 0.497 e. The van der Waals surface area contributed by atoms with E-state index in [1.807, 2.05) is 29.2 Å². The Kier molecular flexibility index (Phi) is 4.93. The average Bonchev–Trinajstić information content (AvgIpc) is 2.63. The maximum atomic E-state index is 12.6. The van der Waals surface area contributed by atoms with E-state index in [4.69, 9.17) is 4.74 Å². The zero-order valence-electron chi connectivity index (χ0n) is 13.4. The molecule has 0 bridgehead atoms. The summed E-state index contributed by atoms with van der Waals surface area (Å²) in [6.45, 7) is 4.29. The van der Waals surface area contributed by atoms with Gasteiger partial charge in [-0.25, -0.2) is 0 Å². The Morgan fingerprint density at radius 1 is 1.00 bits per heavy atom. The second-order valence-electron chi connectivity index (χ2n) is 5.79. The quantitative estimate of drug-likeness (QED) is 0.870. The monoisotopic (exact) mass is 310 g/mol. The van der Waals surface area contributed by atoms with E-state index >= 15 is 0 Å². The molecule has 3 rings (SSSR count). The van der Waals surface area contributed by atoms with E-state index in [2.05, 4.69) is 29.2 Å². The van der Waals surface area contributed by atoms with Crippen LogP contribution in [0.4, 0.5) is 0 Å². The molecule has 0 N–H and O–H groups in total. The molecule has 0 atom stereocenters. The van der Waals surface area contributed by atoms with Crippen molar-refractivity contribution in [2.75, 3.05) is 33.3 Å². The van der Waals surface area contributed by atoms with Crippen LogP contribution in [-0.4, -0.2) is 49.0 Å². The third kappa shape index (κ3) is 3.90. The van der Waals surface area contributed by atoms with Crippen molar-refractivity contribution in [2.24, 2.45) is 0 Å². The summed E-state index contributed by atoms with van der Waals surface area (Å²) in [4.78, 5) is 16.9. The first-order chi connectivity index (χ1) is 11.3. The number of hydrogen-bond donors (Lipinski definition) is 0. The molecule has 1 aliphatic rings. The molecule has 0 saturated carbocycles. The molecule has 4 nitrogen and oxygen atoms in total. The Balaban J connectivity index is 1.57. The highest BCUT2D eigenvalue weighted by Gasteiger charge is 2.22. The number of methoxy groups -OCH3 is 1. The minimum atomic E-state index is 0.0864. The van der Waals surface area contributed by atoms with Crippen LogP contribution in [0.15, 0.2) is 54.6 Å². The Bertz CT molecular complexity index is 649. The van der Waals surface area contributed by atoms with Gasteiger partial charge in [0.25, 0.3) is 5.91 Å². The summed E-state index contributed by atoms with van der Waals surface area (Å²) < 4.78 is 5.20. The number of amides is 1. The summed E-state index contributed by atoms with van der Waals surface area (Å²) in [5.74, 6) is 0.807. The predicted molar refractivity (Wildman–Crippen MR) is 90.6 cm³/mol. The lowest BCUT2D eigenvalue weighted by atomic mass is 10.1. The standard InChI is InChI=1S/C19H22N2O2/c1-23-18-9-5-8-17(14-18)19(22)21-12-10-20(11-13-21)15-16-6-3-2-4-7-16/h2-9,14H,10-13,15H2,1H3. The zero-order valence-corrected chi connectivity index (χ0v) is 13.4. The third-order valence-corrected chi connectivity index (χ3v) is 4.23. The van der Waals surface area contributed by atoms with Gasteiger partial charge in [-0.3, -0.25) is 9.69 Å². The second-order valence-corrected chi connectivity index (χ2v) is 5.79. The van der Waals surface area contributed by atoms with Gasteiger partial charge in [-0.15, -0.1) is 0 Å². The first-order valence-corrected chi connectivity index (χ1v) is 7.96. The molecule has 1 heterocycles. The molecular weight excluding hydrogens is 288 g/mol. The summed E-state index contributed by atoms with van der Waals surface area (Å²) in [5, 5.41) is 0. The van der Waals surface area contributed by atoms with Gasteiger partial charge in [0.15, 0.2) is 0 Å². The lowest BCUT2D eigenvalue weighted by molar-refractivity contribution is 0.0628. The maximum absolute atomic E-state index is 12.6. The highest BCUT2D eigenvalue weighted by molar-refractivity contribution is 5.94. The molecule has 1 amide bonds. The number of carbonyl (C=O) groups excluding carboxylic acids is 1. The van der Waals surface area contributed by atoms with Crippen molar-refractivity contribution < 1.29 is 9.53 Å². The molecule has 1 aliphatic heterocycles. The molecule has 120 valence electrons. The highest BCUT2D eigenvalue weighted by Crippen LogP contribution is 2.16. The van der Waals surface area contributed by atoms with E-state index in [0.717, 1.165) is 38.5 Å². The molecule has 0 aliphatic carbocycles. The number of rotatable bonds is 4. The number of ether oxygens (including phenoxy) is 1. The molecule has 0 radical (unpaired) electrons. The molecule has 0 aromatic heterocycles. The van der Waals surface area contributed by atoms with Crippen LogP contribution in [0.5, 0.6) is 5.75 Å². The summed E-state index contributed by atoms with van der Waals surface area (Å²) in [6.07, 6.45) is 0. The minimum absolute atomic E-state index is 0.0864. The van der Waals surface area contributed by atoms with Gasteiger partial charge in [0, 0.05) is 38.3 Å². The van der Waals surface area contributed by atoms with Crippen molar-refractivity contribution in [3.8, 4) is 5.75 Å². The van der Waals surface area contributed by atoms with Crippen molar-refractivity contribution in [1.29, 1.82) is 0 Å². The molecule has 0 spiro atoms. The SMILES string of the molecule is COc1cccc(C(=O)N2CCN(Cc3ccccc3)CC2)c1. The van der Waals surface area contributed by atoms with Gasteiger partial charge >= 0.3 is 0 Å². The first kappa shape index (κ1) is 15.6. The lowest BCUT2D eigenvalue weighted by Gasteiger charge is -2.34. The van der Waals surface area contributed by atoms with Gasteiger partial charge < -0.3 is 9.64 Å². The summed E-state index contributed by atoms with van der Waals surface area (Å²) in [5.41, 5.74) is 2.01. The van der Waals surface area contributed by atoms with E-state index in [-0.39, 0.29) is 5.91 Å². The fraction of sp³-hybridized carbons (Fsp3) is 0.316. The van der Waals surface area contributed by atoms with E-state index in [1.165, 1.54) is 5.56 Å². The van der Waals surface area contributed by atoms with Crippen molar-refractivity contribution >= 4 is 5.91 Å². The number of carbonyl (C=O) groups is 1. The van der Waals surface area contributed by atoms with Gasteiger partial charge in [0.1, 0.15) is 5.75 Å². The molecule has 23 heavy (non-hydrogen) atoms. The summed E-state index contributed by atoms with van der Waals surface area (Å²) in [7, 11) is 1.62. The topological polar surface area (TPSA) is 32.8 Å². The lowest BCUT2D eigenvalue weighted by Crippen LogP contribution is -2.48. The Morgan fingerprint density at radius 3 is 2.43 bits per heavy atom. The maximum Gasteiger partial charge on any atom is 0.254 e. The molecule has 2 aromatic rings. The number of benzene rings is 2. The normalized spacial score (nSPS) is 15.4. The van der Waals surface area contributed by atoms with Crippen LogP contribution in [0.25, 0.3) is 0 Å². The van der Waals surface area contributed by atoms with E-state index in [0.29, 0.717) is 5.56 Å². The van der Waals surface area contributed by atoms with Crippen LogP contribution in [0.2, 0.25) is 0 Å². The van der Waals surface area contributed by atoms with Gasteiger partial charge in [0.2, 0.25) is 0 Å². The number of hydrogen-bond acceptors (Lipinski definition) is 3.